The van der Waals surface area contributed by atoms with E-state index in [4.69, 9.17) is 5.11 Å². The number of aliphatic hydroxyl groups excluding tert-OH is 1. The van der Waals surface area contributed by atoms with Gasteiger partial charge >= 0.3 is 5.97 Å². The topological polar surface area (TPSA) is 77.8 Å². The molecule has 0 saturated heterocycles. The van der Waals surface area contributed by atoms with Crippen molar-refractivity contribution in [3.63, 3.8) is 0 Å². The normalized spacial score (nSPS) is 11.6. The smallest absolute Gasteiger partial charge is 0.336 e. The predicted octanol–water partition coefficient (Wildman–Crippen LogP) is 1.50. The van der Waals surface area contributed by atoms with Gasteiger partial charge in [0.1, 0.15) is 0 Å². The van der Waals surface area contributed by atoms with E-state index in [1.54, 1.807) is 26.8 Å². The highest BCUT2D eigenvalue weighted by Crippen LogP contribution is 2.22. The van der Waals surface area contributed by atoms with Gasteiger partial charge in [-0.1, -0.05) is 6.07 Å². The van der Waals surface area contributed by atoms with Gasteiger partial charge in [0.25, 0.3) is 0 Å². The Hall–Kier alpha value is -1.39. The summed E-state index contributed by atoms with van der Waals surface area (Å²) in [6.45, 7) is 4.75. The number of aromatic carboxylic acids is 1. The van der Waals surface area contributed by atoms with Crippen molar-refractivity contribution >= 4 is 5.97 Å². The molecule has 0 fully saturated rings. The van der Waals surface area contributed by atoms with Gasteiger partial charge in [0, 0.05) is 6.42 Å². The quantitative estimate of drug-likeness (QED) is 0.742. The Morgan fingerprint density at radius 2 is 1.94 bits per heavy atom. The number of rotatable bonds is 4. The Kier molecular flexibility index (Phi) is 3.91. The summed E-state index contributed by atoms with van der Waals surface area (Å²) in [5, 5.41) is 28.1. The molecule has 0 atom stereocenters. The fraction of sp³-hybridized carbons (Fsp3) is 0.462. The van der Waals surface area contributed by atoms with Crippen molar-refractivity contribution in [3.05, 3.63) is 34.4 Å². The highest BCUT2D eigenvalue weighted by atomic mass is 16.4. The number of hydrogen-bond acceptors (Lipinski definition) is 3. The van der Waals surface area contributed by atoms with Crippen molar-refractivity contribution in [2.45, 2.75) is 39.4 Å². The molecule has 0 aliphatic carbocycles. The molecular weight excluding hydrogens is 220 g/mol. The molecule has 0 radical (unpaired) electrons. The maximum absolute atomic E-state index is 11.1. The van der Waals surface area contributed by atoms with Crippen LogP contribution in [0.25, 0.3) is 0 Å². The molecular formula is C13H18O4. The zero-order valence-electron chi connectivity index (χ0n) is 10.3. The zero-order valence-corrected chi connectivity index (χ0v) is 10.3. The molecule has 0 heterocycles. The molecule has 0 spiro atoms. The molecule has 94 valence electrons. The van der Waals surface area contributed by atoms with Crippen molar-refractivity contribution < 1.29 is 20.1 Å². The van der Waals surface area contributed by atoms with Crippen molar-refractivity contribution in [2.75, 3.05) is 0 Å². The maximum Gasteiger partial charge on any atom is 0.336 e. The Balaban J connectivity index is 3.33. The second kappa shape index (κ2) is 4.85. The minimum atomic E-state index is -1.06. The van der Waals surface area contributed by atoms with Gasteiger partial charge in [-0.15, -0.1) is 0 Å². The van der Waals surface area contributed by atoms with E-state index in [-0.39, 0.29) is 12.2 Å². The third kappa shape index (κ3) is 3.54. The van der Waals surface area contributed by atoms with Gasteiger partial charge in [0.15, 0.2) is 0 Å². The molecule has 1 aromatic rings. The average molecular weight is 238 g/mol. The summed E-state index contributed by atoms with van der Waals surface area (Å²) in [5.41, 5.74) is 1.03. The van der Waals surface area contributed by atoms with Gasteiger partial charge < -0.3 is 15.3 Å². The Bertz CT molecular complexity index is 430. The number of hydrogen-bond donors (Lipinski definition) is 3. The first-order valence-corrected chi connectivity index (χ1v) is 5.43. The van der Waals surface area contributed by atoms with E-state index in [1.165, 1.54) is 6.07 Å². The molecule has 1 rings (SSSR count). The minimum Gasteiger partial charge on any atom is -0.478 e. The molecule has 0 saturated carbocycles. The van der Waals surface area contributed by atoms with Crippen molar-refractivity contribution in [3.8, 4) is 0 Å². The number of aryl methyl sites for hydroxylation is 1. The van der Waals surface area contributed by atoms with Crippen molar-refractivity contribution in [1.29, 1.82) is 0 Å². The van der Waals surface area contributed by atoms with E-state index >= 15 is 0 Å². The monoisotopic (exact) mass is 238 g/mol. The van der Waals surface area contributed by atoms with Gasteiger partial charge in [-0.05, 0) is 43.5 Å². The summed E-state index contributed by atoms with van der Waals surface area (Å²) in [5.74, 6) is -1.06. The Morgan fingerprint density at radius 1 is 1.35 bits per heavy atom. The number of carboxylic acid groups (broad SMARTS) is 1. The molecule has 3 N–H and O–H groups in total. The zero-order chi connectivity index (χ0) is 13.2. The summed E-state index contributed by atoms with van der Waals surface area (Å²) in [7, 11) is 0. The molecule has 4 heteroatoms. The summed E-state index contributed by atoms with van der Waals surface area (Å²) >= 11 is 0. The second-order valence-electron chi connectivity index (χ2n) is 4.90. The third-order valence-electron chi connectivity index (χ3n) is 2.50. The molecule has 0 amide bonds. The third-order valence-corrected chi connectivity index (χ3v) is 2.50. The van der Waals surface area contributed by atoms with Gasteiger partial charge in [-0.3, -0.25) is 0 Å². The standard InChI is InChI=1S/C13H18O4/c1-8-4-9(6-13(2,3)17)11(7-14)10(5-8)12(15)16/h4-5,14,17H,6-7H2,1-3H3,(H,15,16). The lowest BCUT2D eigenvalue weighted by Gasteiger charge is -2.20. The SMILES string of the molecule is Cc1cc(CC(C)(C)O)c(CO)c(C(=O)O)c1. The minimum absolute atomic E-state index is 0.103. The summed E-state index contributed by atoms with van der Waals surface area (Å²) in [6, 6.07) is 3.33. The van der Waals surface area contributed by atoms with Crippen LogP contribution < -0.4 is 0 Å². The van der Waals surface area contributed by atoms with Crippen LogP contribution in [0.15, 0.2) is 12.1 Å². The molecule has 0 aliphatic rings. The first-order valence-electron chi connectivity index (χ1n) is 5.43. The molecule has 4 nitrogen and oxygen atoms in total. The lowest BCUT2D eigenvalue weighted by atomic mass is 9.90. The molecule has 0 aliphatic heterocycles. The van der Waals surface area contributed by atoms with Crippen LogP contribution in [0.1, 0.15) is 40.9 Å². The van der Waals surface area contributed by atoms with Gasteiger partial charge in [-0.25, -0.2) is 4.79 Å². The summed E-state index contributed by atoms with van der Waals surface area (Å²) < 4.78 is 0. The van der Waals surface area contributed by atoms with E-state index in [0.29, 0.717) is 17.5 Å². The van der Waals surface area contributed by atoms with E-state index < -0.39 is 11.6 Å². The summed E-state index contributed by atoms with van der Waals surface area (Å²) in [6.07, 6.45) is 0.310. The van der Waals surface area contributed by atoms with Crippen LogP contribution in [0.2, 0.25) is 0 Å². The van der Waals surface area contributed by atoms with Gasteiger partial charge in [0.2, 0.25) is 0 Å². The second-order valence-corrected chi connectivity index (χ2v) is 4.90. The predicted molar refractivity (Wildman–Crippen MR) is 64.1 cm³/mol. The molecule has 17 heavy (non-hydrogen) atoms. The van der Waals surface area contributed by atoms with Crippen LogP contribution in [0, 0.1) is 6.92 Å². The van der Waals surface area contributed by atoms with E-state index in [2.05, 4.69) is 0 Å². The highest BCUT2D eigenvalue weighted by molar-refractivity contribution is 5.90. The molecule has 0 bridgehead atoms. The van der Waals surface area contributed by atoms with Crippen LogP contribution in [-0.4, -0.2) is 26.9 Å². The van der Waals surface area contributed by atoms with Crippen LogP contribution in [0.4, 0.5) is 0 Å². The first kappa shape index (κ1) is 13.7. The highest BCUT2D eigenvalue weighted by Gasteiger charge is 2.20. The van der Waals surface area contributed by atoms with Crippen molar-refractivity contribution in [2.24, 2.45) is 0 Å². The fourth-order valence-corrected chi connectivity index (χ4v) is 1.89. The first-order chi connectivity index (χ1) is 7.74. The van der Waals surface area contributed by atoms with Crippen LogP contribution in [0.3, 0.4) is 0 Å². The van der Waals surface area contributed by atoms with E-state index in [0.717, 1.165) is 5.56 Å². The summed E-state index contributed by atoms with van der Waals surface area (Å²) in [4.78, 5) is 11.1. The lowest BCUT2D eigenvalue weighted by molar-refractivity contribution is 0.0687. The van der Waals surface area contributed by atoms with Crippen molar-refractivity contribution in [1.82, 2.24) is 0 Å². The van der Waals surface area contributed by atoms with Crippen LogP contribution in [-0.2, 0) is 13.0 Å². The number of carbonyl (C=O) groups is 1. The maximum atomic E-state index is 11.1. The average Bonchev–Trinajstić information content (AvgIpc) is 2.14. The fourth-order valence-electron chi connectivity index (χ4n) is 1.89. The van der Waals surface area contributed by atoms with E-state index in [9.17, 15) is 15.0 Å². The van der Waals surface area contributed by atoms with E-state index in [1.807, 2.05) is 0 Å². The van der Waals surface area contributed by atoms with Crippen LogP contribution in [0.5, 0.6) is 0 Å². The number of benzene rings is 1. The molecule has 0 aromatic heterocycles. The Labute approximate surface area is 101 Å². The number of carboxylic acids is 1. The molecule has 1 aromatic carbocycles. The van der Waals surface area contributed by atoms with Crippen LogP contribution >= 0.6 is 0 Å². The Morgan fingerprint density at radius 3 is 2.35 bits per heavy atom. The molecule has 0 unspecified atom stereocenters. The number of aliphatic hydroxyl groups is 2. The lowest BCUT2D eigenvalue weighted by Crippen LogP contribution is -2.23. The largest absolute Gasteiger partial charge is 0.478 e. The van der Waals surface area contributed by atoms with Gasteiger partial charge in [0.05, 0.1) is 17.8 Å². The van der Waals surface area contributed by atoms with Gasteiger partial charge in [-0.2, -0.15) is 0 Å².